The van der Waals surface area contributed by atoms with Crippen molar-refractivity contribution in [1.29, 1.82) is 0 Å². The maximum atomic E-state index is 13.8. The molecule has 13 heteroatoms. The largest absolute Gasteiger partial charge is 0.416 e. The Labute approximate surface area is 228 Å². The van der Waals surface area contributed by atoms with Crippen molar-refractivity contribution in [2.75, 3.05) is 22.9 Å². The van der Waals surface area contributed by atoms with Crippen molar-refractivity contribution in [2.24, 2.45) is 13.0 Å². The highest BCUT2D eigenvalue weighted by Gasteiger charge is 2.33. The van der Waals surface area contributed by atoms with Gasteiger partial charge in [0.1, 0.15) is 0 Å². The molecule has 1 heterocycles. The third-order valence-electron chi connectivity index (χ3n) is 7.03. The molecule has 1 aliphatic rings. The summed E-state index contributed by atoms with van der Waals surface area (Å²) in [6, 6.07) is 6.58. The molecule has 0 amide bonds. The quantitative estimate of drug-likeness (QED) is 0.206. The predicted molar refractivity (Wildman–Crippen MR) is 138 cm³/mol. The molecule has 2 aromatic carbocycles. The lowest BCUT2D eigenvalue weighted by Gasteiger charge is -2.31. The first kappa shape index (κ1) is 29.2. The number of hydrogen-bond acceptors (Lipinski definition) is 5. The van der Waals surface area contributed by atoms with E-state index < -0.39 is 23.5 Å². The molecule has 40 heavy (non-hydrogen) atoms. The van der Waals surface area contributed by atoms with E-state index in [4.69, 9.17) is 6.57 Å². The van der Waals surface area contributed by atoms with Crippen molar-refractivity contribution in [3.8, 4) is 0 Å². The molecular weight excluding hydrogens is 536 g/mol. The van der Waals surface area contributed by atoms with Gasteiger partial charge in [0.25, 0.3) is 5.95 Å². The molecule has 0 radical (unpaired) electrons. The number of tetrazole rings is 1. The zero-order valence-corrected chi connectivity index (χ0v) is 22.1. The summed E-state index contributed by atoms with van der Waals surface area (Å²) < 4.78 is 81.9. The summed E-state index contributed by atoms with van der Waals surface area (Å²) >= 11 is 0. The van der Waals surface area contributed by atoms with Crippen LogP contribution in [0.1, 0.15) is 54.9 Å². The Morgan fingerprint density at radius 1 is 0.950 bits per heavy atom. The van der Waals surface area contributed by atoms with Gasteiger partial charge in [-0.3, -0.25) is 0 Å². The van der Waals surface area contributed by atoms with Gasteiger partial charge in [-0.2, -0.15) is 31.1 Å². The van der Waals surface area contributed by atoms with Crippen LogP contribution >= 0.6 is 0 Å². The van der Waals surface area contributed by atoms with Gasteiger partial charge in [0.15, 0.2) is 5.69 Å². The van der Waals surface area contributed by atoms with Gasteiger partial charge in [-0.25, -0.2) is 4.85 Å². The van der Waals surface area contributed by atoms with Gasteiger partial charge in [0.05, 0.1) is 19.2 Å². The molecule has 4 rings (SSSR count). The molecule has 3 aromatic rings. The minimum Gasteiger partial charge on any atom is -0.371 e. The number of halogens is 6. The zero-order valence-electron chi connectivity index (χ0n) is 22.1. The number of aryl methyl sites for hydroxylation is 1. The van der Waals surface area contributed by atoms with E-state index in [0.717, 1.165) is 54.7 Å². The maximum absolute atomic E-state index is 13.8. The number of aromatic nitrogens is 4. The van der Waals surface area contributed by atoms with Gasteiger partial charge < -0.3 is 9.80 Å². The van der Waals surface area contributed by atoms with Gasteiger partial charge in [-0.05, 0) is 72.4 Å². The highest BCUT2D eigenvalue weighted by Crippen LogP contribution is 2.37. The predicted octanol–water partition coefficient (Wildman–Crippen LogP) is 7.02. The molecule has 1 saturated carbocycles. The van der Waals surface area contributed by atoms with E-state index in [1.54, 1.807) is 0 Å². The fraction of sp³-hybridized carbons (Fsp3) is 0.481. The summed E-state index contributed by atoms with van der Waals surface area (Å²) in [7, 11) is 1.51. The van der Waals surface area contributed by atoms with E-state index in [1.165, 1.54) is 24.1 Å². The first-order valence-corrected chi connectivity index (χ1v) is 12.9. The standard InChI is InChI=1S/C27H29F6N7/c1-4-39(15-18-7-5-6-8-18)24-10-9-21(26(28,29)30)13-20(24)17-40(25-35-37-38(3)36-25)16-19-11-22(27(31,32)33)14-23(12-19)34-2/h9-14,18H,4-8,15-17H2,1,3H3. The van der Waals surface area contributed by atoms with Crippen molar-refractivity contribution in [2.45, 2.75) is 58.0 Å². The smallest absolute Gasteiger partial charge is 0.371 e. The average molecular weight is 566 g/mol. The number of hydrogen-bond donors (Lipinski definition) is 0. The summed E-state index contributed by atoms with van der Waals surface area (Å²) in [4.78, 5) is 7.84. The Bertz CT molecular complexity index is 1350. The molecule has 1 fully saturated rings. The van der Waals surface area contributed by atoms with Gasteiger partial charge in [-0.1, -0.05) is 24.0 Å². The molecule has 0 spiro atoms. The molecular formula is C27H29F6N7. The SMILES string of the molecule is [C-]#[N+]c1cc(CN(Cc2cc(C(F)(F)F)ccc2N(CC)CC2CCCC2)c2nnn(C)n2)cc(C(F)(F)F)c1. The zero-order chi connectivity index (χ0) is 29.1. The molecule has 1 aliphatic carbocycles. The topological polar surface area (TPSA) is 54.4 Å². The second kappa shape index (κ2) is 11.7. The maximum Gasteiger partial charge on any atom is 0.416 e. The van der Waals surface area contributed by atoms with E-state index in [0.29, 0.717) is 30.3 Å². The van der Waals surface area contributed by atoms with Crippen LogP contribution in [-0.4, -0.2) is 33.3 Å². The van der Waals surface area contributed by atoms with Crippen LogP contribution in [-0.2, 0) is 32.5 Å². The monoisotopic (exact) mass is 565 g/mol. The summed E-state index contributed by atoms with van der Waals surface area (Å²) in [6.07, 6.45) is -4.91. The fourth-order valence-corrected chi connectivity index (χ4v) is 5.12. The van der Waals surface area contributed by atoms with Crippen LogP contribution in [0.3, 0.4) is 0 Å². The van der Waals surface area contributed by atoms with Crippen LogP contribution in [0.5, 0.6) is 0 Å². The van der Waals surface area contributed by atoms with Crippen molar-refractivity contribution < 1.29 is 26.3 Å². The molecule has 1 aromatic heterocycles. The second-order valence-electron chi connectivity index (χ2n) is 9.96. The third kappa shape index (κ3) is 7.03. The summed E-state index contributed by atoms with van der Waals surface area (Å²) in [5.41, 5.74) is -0.937. The van der Waals surface area contributed by atoms with E-state index in [-0.39, 0.29) is 30.3 Å². The highest BCUT2D eigenvalue weighted by molar-refractivity contribution is 5.57. The lowest BCUT2D eigenvalue weighted by molar-refractivity contribution is -0.138. The van der Waals surface area contributed by atoms with Gasteiger partial charge in [0, 0.05) is 37.4 Å². The first-order chi connectivity index (χ1) is 18.9. The molecule has 0 aliphatic heterocycles. The number of nitrogens with zero attached hydrogens (tertiary/aromatic N) is 7. The van der Waals surface area contributed by atoms with Crippen molar-refractivity contribution >= 4 is 17.3 Å². The average Bonchev–Trinajstić information content (AvgIpc) is 3.57. The summed E-state index contributed by atoms with van der Waals surface area (Å²) in [5, 5.41) is 12.0. The Morgan fingerprint density at radius 2 is 1.65 bits per heavy atom. The molecule has 0 unspecified atom stereocenters. The van der Waals surface area contributed by atoms with Crippen LogP contribution in [0.2, 0.25) is 0 Å². The molecule has 0 bridgehead atoms. The minimum absolute atomic E-state index is 0.0338. The van der Waals surface area contributed by atoms with E-state index >= 15 is 0 Å². The number of rotatable bonds is 9. The Balaban J connectivity index is 1.76. The van der Waals surface area contributed by atoms with Crippen molar-refractivity contribution in [3.63, 3.8) is 0 Å². The van der Waals surface area contributed by atoms with Crippen LogP contribution in [0, 0.1) is 12.5 Å². The number of benzene rings is 2. The summed E-state index contributed by atoms with van der Waals surface area (Å²) in [5.74, 6) is 0.469. The first-order valence-electron chi connectivity index (χ1n) is 12.9. The van der Waals surface area contributed by atoms with Gasteiger partial charge >= 0.3 is 12.4 Å². The number of anilines is 2. The normalized spacial score (nSPS) is 14.4. The summed E-state index contributed by atoms with van der Waals surface area (Å²) in [6.45, 7) is 10.1. The van der Waals surface area contributed by atoms with Gasteiger partial charge in [-0.15, -0.1) is 5.10 Å². The minimum atomic E-state index is -4.68. The van der Waals surface area contributed by atoms with Crippen LogP contribution in [0.25, 0.3) is 4.85 Å². The molecule has 0 saturated heterocycles. The lowest BCUT2D eigenvalue weighted by Crippen LogP contribution is -2.31. The Morgan fingerprint density at radius 3 is 2.23 bits per heavy atom. The second-order valence-corrected chi connectivity index (χ2v) is 9.96. The fourth-order valence-electron chi connectivity index (χ4n) is 5.12. The Hall–Kier alpha value is -3.82. The van der Waals surface area contributed by atoms with E-state index in [9.17, 15) is 26.3 Å². The van der Waals surface area contributed by atoms with Crippen LogP contribution in [0.4, 0.5) is 43.7 Å². The van der Waals surface area contributed by atoms with Gasteiger partial charge in [0.2, 0.25) is 0 Å². The van der Waals surface area contributed by atoms with Crippen molar-refractivity contribution in [1.82, 2.24) is 20.2 Å². The van der Waals surface area contributed by atoms with E-state index in [2.05, 4.69) is 25.2 Å². The van der Waals surface area contributed by atoms with Crippen LogP contribution < -0.4 is 9.80 Å². The van der Waals surface area contributed by atoms with Crippen molar-refractivity contribution in [3.05, 3.63) is 70.1 Å². The molecule has 7 nitrogen and oxygen atoms in total. The Kier molecular flexibility index (Phi) is 8.56. The molecule has 214 valence electrons. The van der Waals surface area contributed by atoms with E-state index in [1.807, 2.05) is 6.92 Å². The highest BCUT2D eigenvalue weighted by atomic mass is 19.4. The molecule has 0 atom stereocenters. The van der Waals surface area contributed by atoms with Crippen LogP contribution in [0.15, 0.2) is 36.4 Å². The lowest BCUT2D eigenvalue weighted by atomic mass is 10.0. The molecule has 0 N–H and O–H groups in total. The number of alkyl halides is 6. The third-order valence-corrected chi connectivity index (χ3v) is 7.03.